The van der Waals surface area contributed by atoms with Gasteiger partial charge in [-0.25, -0.2) is 4.98 Å². The van der Waals surface area contributed by atoms with E-state index in [2.05, 4.69) is 17.5 Å². The van der Waals surface area contributed by atoms with Gasteiger partial charge in [0.1, 0.15) is 31.0 Å². The summed E-state index contributed by atoms with van der Waals surface area (Å²) in [4.78, 5) is 19.7. The maximum atomic E-state index is 12.5. The van der Waals surface area contributed by atoms with E-state index in [1.54, 1.807) is 28.1 Å². The second-order valence-corrected chi connectivity index (χ2v) is 7.49. The molecule has 0 spiro atoms. The zero-order valence-electron chi connectivity index (χ0n) is 14.5. The molecule has 0 amide bonds. The van der Waals surface area contributed by atoms with Gasteiger partial charge in [-0.2, -0.15) is 0 Å². The molecule has 1 unspecified atom stereocenters. The molecule has 132 valence electrons. The fraction of sp³-hybridized carbons (Fsp3) is 0.200. The van der Waals surface area contributed by atoms with Crippen molar-refractivity contribution in [2.45, 2.75) is 26.6 Å². The van der Waals surface area contributed by atoms with E-state index in [-0.39, 0.29) is 5.56 Å². The topological polar surface area (TPSA) is 52.0 Å². The molecule has 0 aliphatic rings. The number of thiophene rings is 1. The highest BCUT2D eigenvalue weighted by molar-refractivity contribution is 7.09. The van der Waals surface area contributed by atoms with Crippen LogP contribution in [0.2, 0.25) is 0 Å². The Balaban J connectivity index is 1.63. The highest BCUT2D eigenvalue weighted by Gasteiger charge is 2.16. The first-order valence-corrected chi connectivity index (χ1v) is 9.42. The summed E-state index contributed by atoms with van der Waals surface area (Å²) in [6, 6.07) is 13.6. The fourth-order valence-corrected chi connectivity index (χ4v) is 3.89. The highest BCUT2D eigenvalue weighted by atomic mass is 32.1. The molecule has 0 saturated heterocycles. The summed E-state index contributed by atoms with van der Waals surface area (Å²) in [6.45, 7) is 4.25. The standard InChI is InChI=1S/C20H19N3O2S/c1-15-6-7-19-21-16(10-20(24)23(19)11-15)12-22(13-17-4-2-8-25-17)14-18-5-3-9-26-18/h2-11H,12-14H2,1H3/p+1. The van der Waals surface area contributed by atoms with Crippen molar-refractivity contribution in [2.24, 2.45) is 0 Å². The second kappa shape index (κ2) is 7.27. The molecule has 5 nitrogen and oxygen atoms in total. The molecule has 4 aromatic rings. The summed E-state index contributed by atoms with van der Waals surface area (Å²) < 4.78 is 7.13. The first-order chi connectivity index (χ1) is 12.7. The molecule has 4 aromatic heterocycles. The smallest absolute Gasteiger partial charge is 0.258 e. The van der Waals surface area contributed by atoms with Gasteiger partial charge in [0.2, 0.25) is 0 Å². The lowest BCUT2D eigenvalue weighted by Gasteiger charge is -2.17. The fourth-order valence-electron chi connectivity index (χ4n) is 3.11. The summed E-state index contributed by atoms with van der Waals surface area (Å²) in [6.07, 6.45) is 3.52. The summed E-state index contributed by atoms with van der Waals surface area (Å²) in [5, 5.41) is 2.09. The van der Waals surface area contributed by atoms with Gasteiger partial charge in [-0.05, 0) is 42.1 Å². The summed E-state index contributed by atoms with van der Waals surface area (Å²) in [5.41, 5.74) is 2.49. The number of quaternary nitrogens is 1. The van der Waals surface area contributed by atoms with Gasteiger partial charge < -0.3 is 9.32 Å². The van der Waals surface area contributed by atoms with Crippen molar-refractivity contribution in [3.8, 4) is 0 Å². The Morgan fingerprint density at radius 3 is 2.85 bits per heavy atom. The predicted molar refractivity (Wildman–Crippen MR) is 101 cm³/mol. The molecule has 0 saturated carbocycles. The first-order valence-electron chi connectivity index (χ1n) is 8.55. The van der Waals surface area contributed by atoms with Crippen LogP contribution in [-0.2, 0) is 19.6 Å². The molecule has 0 fully saturated rings. The molecule has 6 heteroatoms. The minimum atomic E-state index is -0.0397. The molecular weight excluding hydrogens is 346 g/mol. The molecule has 26 heavy (non-hydrogen) atoms. The zero-order chi connectivity index (χ0) is 17.9. The Morgan fingerprint density at radius 1 is 1.15 bits per heavy atom. The van der Waals surface area contributed by atoms with E-state index in [1.165, 1.54) is 9.78 Å². The Hall–Kier alpha value is -2.70. The average Bonchev–Trinajstić information content (AvgIpc) is 3.30. The maximum absolute atomic E-state index is 12.5. The summed E-state index contributed by atoms with van der Waals surface area (Å²) in [7, 11) is 0. The Kier molecular flexibility index (Phi) is 4.69. The zero-order valence-corrected chi connectivity index (χ0v) is 15.3. The monoisotopic (exact) mass is 366 g/mol. The average molecular weight is 366 g/mol. The first kappa shape index (κ1) is 16.8. The third-order valence-electron chi connectivity index (χ3n) is 4.30. The second-order valence-electron chi connectivity index (χ2n) is 6.46. The van der Waals surface area contributed by atoms with Crippen LogP contribution >= 0.6 is 11.3 Å². The molecule has 4 rings (SSSR count). The van der Waals surface area contributed by atoms with Gasteiger partial charge in [0.15, 0.2) is 5.76 Å². The largest absolute Gasteiger partial charge is 0.463 e. The number of aromatic nitrogens is 2. The number of nitrogens with one attached hydrogen (secondary N) is 1. The Labute approximate surface area is 155 Å². The van der Waals surface area contributed by atoms with Gasteiger partial charge in [-0.1, -0.05) is 12.1 Å². The SMILES string of the molecule is Cc1ccc2nc(C[NH+](Cc3ccco3)Cc3cccs3)cc(=O)n2c1. The van der Waals surface area contributed by atoms with E-state index in [1.807, 2.05) is 37.4 Å². The van der Waals surface area contributed by atoms with Crippen LogP contribution in [0.1, 0.15) is 21.9 Å². The van der Waals surface area contributed by atoms with Crippen LogP contribution in [-0.4, -0.2) is 9.38 Å². The molecule has 0 aliphatic carbocycles. The highest BCUT2D eigenvalue weighted by Crippen LogP contribution is 2.07. The Bertz CT molecular complexity index is 1020. The third-order valence-corrected chi connectivity index (χ3v) is 5.18. The van der Waals surface area contributed by atoms with Crippen LogP contribution in [0, 0.1) is 6.92 Å². The molecule has 0 aliphatic heterocycles. The van der Waals surface area contributed by atoms with Crippen LogP contribution in [0.15, 0.2) is 69.5 Å². The van der Waals surface area contributed by atoms with Crippen LogP contribution in [0.3, 0.4) is 0 Å². The predicted octanol–water partition coefficient (Wildman–Crippen LogP) is 2.44. The normalized spacial score (nSPS) is 12.5. The number of furan rings is 1. The van der Waals surface area contributed by atoms with Crippen LogP contribution in [0.25, 0.3) is 5.65 Å². The van der Waals surface area contributed by atoms with Crippen LogP contribution in [0.4, 0.5) is 0 Å². The van der Waals surface area contributed by atoms with Crippen molar-refractivity contribution >= 4 is 17.0 Å². The van der Waals surface area contributed by atoms with Crippen LogP contribution in [0.5, 0.6) is 0 Å². The van der Waals surface area contributed by atoms with E-state index in [0.717, 1.165) is 30.1 Å². The molecule has 1 atom stereocenters. The van der Waals surface area contributed by atoms with Crippen molar-refractivity contribution in [1.82, 2.24) is 9.38 Å². The third kappa shape index (κ3) is 3.76. The van der Waals surface area contributed by atoms with Crippen molar-refractivity contribution in [3.05, 3.63) is 92.6 Å². The van der Waals surface area contributed by atoms with E-state index < -0.39 is 0 Å². The lowest BCUT2D eigenvalue weighted by molar-refractivity contribution is -0.942. The number of aryl methyl sites for hydroxylation is 1. The summed E-state index contributed by atoms with van der Waals surface area (Å²) in [5.74, 6) is 0.935. The molecule has 0 bridgehead atoms. The number of hydrogen-bond donors (Lipinski definition) is 1. The molecule has 0 aromatic carbocycles. The summed E-state index contributed by atoms with van der Waals surface area (Å²) >= 11 is 1.74. The van der Waals surface area contributed by atoms with Gasteiger partial charge in [-0.3, -0.25) is 9.20 Å². The lowest BCUT2D eigenvalue weighted by atomic mass is 10.3. The lowest BCUT2D eigenvalue weighted by Crippen LogP contribution is -3.08. The van der Waals surface area contributed by atoms with Gasteiger partial charge in [0.05, 0.1) is 11.1 Å². The molecule has 1 N–H and O–H groups in total. The maximum Gasteiger partial charge on any atom is 0.258 e. The van der Waals surface area contributed by atoms with E-state index in [4.69, 9.17) is 9.40 Å². The van der Waals surface area contributed by atoms with Crippen molar-refractivity contribution in [1.29, 1.82) is 0 Å². The number of rotatable bonds is 6. The number of hydrogen-bond acceptors (Lipinski definition) is 4. The van der Waals surface area contributed by atoms with Gasteiger partial charge in [0, 0.05) is 12.3 Å². The Morgan fingerprint density at radius 2 is 2.08 bits per heavy atom. The van der Waals surface area contributed by atoms with Gasteiger partial charge in [0.25, 0.3) is 5.56 Å². The van der Waals surface area contributed by atoms with E-state index in [9.17, 15) is 4.79 Å². The van der Waals surface area contributed by atoms with Gasteiger partial charge >= 0.3 is 0 Å². The van der Waals surface area contributed by atoms with Crippen molar-refractivity contribution in [2.75, 3.05) is 0 Å². The van der Waals surface area contributed by atoms with Crippen LogP contribution < -0.4 is 10.5 Å². The van der Waals surface area contributed by atoms with Gasteiger partial charge in [-0.15, -0.1) is 11.3 Å². The van der Waals surface area contributed by atoms with Crippen molar-refractivity contribution < 1.29 is 9.32 Å². The number of nitrogens with zero attached hydrogens (tertiary/aromatic N) is 2. The quantitative estimate of drug-likeness (QED) is 0.570. The number of pyridine rings is 1. The minimum Gasteiger partial charge on any atom is -0.463 e. The minimum absolute atomic E-state index is 0.0397. The number of fused-ring (bicyclic) bond motifs is 1. The van der Waals surface area contributed by atoms with Crippen molar-refractivity contribution in [3.63, 3.8) is 0 Å². The van der Waals surface area contributed by atoms with E-state index >= 15 is 0 Å². The molecular formula is C20H20N3O2S+. The molecule has 4 heterocycles. The molecule has 0 radical (unpaired) electrons. The van der Waals surface area contributed by atoms with E-state index in [0.29, 0.717) is 12.2 Å².